The van der Waals surface area contributed by atoms with Crippen LogP contribution in [0.3, 0.4) is 0 Å². The van der Waals surface area contributed by atoms with E-state index in [-0.39, 0.29) is 18.2 Å². The lowest BCUT2D eigenvalue weighted by Crippen LogP contribution is -2.35. The van der Waals surface area contributed by atoms with Gasteiger partial charge in [0.1, 0.15) is 6.61 Å². The average Bonchev–Trinajstić information content (AvgIpc) is 3.42. The van der Waals surface area contributed by atoms with E-state index in [2.05, 4.69) is 9.88 Å². The zero-order valence-corrected chi connectivity index (χ0v) is 22.4. The molecule has 0 spiro atoms. The number of ether oxygens (including phenoxy) is 2. The van der Waals surface area contributed by atoms with E-state index >= 15 is 0 Å². The smallest absolute Gasteiger partial charge is 0.304 e. The second-order valence-corrected chi connectivity index (χ2v) is 10.7. The normalized spacial score (nSPS) is 16.4. The number of hydrogen-bond acceptors (Lipinski definition) is 8. The first-order valence-corrected chi connectivity index (χ1v) is 13.7. The van der Waals surface area contributed by atoms with E-state index in [4.69, 9.17) is 14.5 Å². The molecule has 1 unspecified atom stereocenters. The highest BCUT2D eigenvalue weighted by Crippen LogP contribution is 2.38. The van der Waals surface area contributed by atoms with Crippen molar-refractivity contribution in [2.24, 2.45) is 11.8 Å². The van der Waals surface area contributed by atoms with Crippen LogP contribution in [0.25, 0.3) is 22.4 Å². The zero-order valence-electron chi connectivity index (χ0n) is 21.6. The molecular weight excluding hydrogens is 504 g/mol. The molecule has 1 N–H and O–H groups in total. The first kappa shape index (κ1) is 26.1. The Bertz CT molecular complexity index is 1310. The molecule has 1 fully saturated rings. The van der Waals surface area contributed by atoms with Crippen molar-refractivity contribution in [1.29, 1.82) is 0 Å². The number of carboxylic acids is 1. The third-order valence-corrected chi connectivity index (χ3v) is 8.15. The Kier molecular flexibility index (Phi) is 7.90. The lowest BCUT2D eigenvalue weighted by Gasteiger charge is -2.27. The Morgan fingerprint density at radius 1 is 1.21 bits per heavy atom. The molecule has 0 saturated carbocycles. The van der Waals surface area contributed by atoms with Gasteiger partial charge < -0.3 is 19.5 Å². The topological polar surface area (TPSA) is 105 Å². The van der Waals surface area contributed by atoms with Crippen molar-refractivity contribution in [3.05, 3.63) is 41.9 Å². The van der Waals surface area contributed by atoms with Crippen molar-refractivity contribution in [2.75, 3.05) is 50.3 Å². The molecular formula is C28H32N4O5S. The number of carboxylic acid groups (broad SMARTS) is 1. The fraction of sp³-hybridized carbons (Fsp3) is 0.429. The Balaban J connectivity index is 1.38. The van der Waals surface area contributed by atoms with Gasteiger partial charge in [0.15, 0.2) is 16.7 Å². The van der Waals surface area contributed by atoms with Crippen molar-refractivity contribution in [1.82, 2.24) is 9.97 Å². The Morgan fingerprint density at radius 3 is 2.74 bits per heavy atom. The standard InChI is InChI=1S/C28H32N4O5S/c1-31-9-12-37-24-14-20(16-29-26(24)31)21-5-3-4-6-22(21)23-17-38-28(30-23)32(2)27(35)19(15-25(33)34)13-18-7-10-36-11-8-18/h3-6,14,16-19H,7-13,15H2,1-2H3,(H,33,34). The van der Waals surface area contributed by atoms with Crippen molar-refractivity contribution < 1.29 is 24.2 Å². The molecule has 2 aliphatic heterocycles. The number of benzene rings is 1. The van der Waals surface area contributed by atoms with Gasteiger partial charge in [-0.15, -0.1) is 11.3 Å². The van der Waals surface area contributed by atoms with E-state index in [0.717, 1.165) is 53.3 Å². The molecule has 0 radical (unpaired) electrons. The largest absolute Gasteiger partial charge is 0.488 e. The Labute approximate surface area is 226 Å². The van der Waals surface area contributed by atoms with Crippen molar-refractivity contribution in [2.45, 2.75) is 25.7 Å². The van der Waals surface area contributed by atoms with Gasteiger partial charge in [0, 0.05) is 55.9 Å². The van der Waals surface area contributed by atoms with E-state index in [0.29, 0.717) is 31.4 Å². The maximum Gasteiger partial charge on any atom is 0.304 e. The summed E-state index contributed by atoms with van der Waals surface area (Å²) < 4.78 is 11.3. The molecule has 0 bridgehead atoms. The highest BCUT2D eigenvalue weighted by Gasteiger charge is 2.30. The number of aliphatic carboxylic acids is 1. The second kappa shape index (κ2) is 11.5. The molecule has 1 aromatic carbocycles. The molecule has 0 aliphatic carbocycles. The molecule has 38 heavy (non-hydrogen) atoms. The molecule has 4 heterocycles. The Morgan fingerprint density at radius 2 is 1.97 bits per heavy atom. The van der Waals surface area contributed by atoms with E-state index in [1.54, 1.807) is 7.05 Å². The number of rotatable bonds is 8. The monoisotopic (exact) mass is 536 g/mol. The number of fused-ring (bicyclic) bond motifs is 1. The highest BCUT2D eigenvalue weighted by molar-refractivity contribution is 7.14. The van der Waals surface area contributed by atoms with Crippen LogP contribution in [0.1, 0.15) is 25.7 Å². The minimum absolute atomic E-state index is 0.190. The van der Waals surface area contributed by atoms with Crippen LogP contribution in [0, 0.1) is 11.8 Å². The van der Waals surface area contributed by atoms with Crippen molar-refractivity contribution >= 4 is 34.2 Å². The summed E-state index contributed by atoms with van der Waals surface area (Å²) in [4.78, 5) is 38.0. The van der Waals surface area contributed by atoms with Crippen LogP contribution in [0.15, 0.2) is 41.9 Å². The van der Waals surface area contributed by atoms with Gasteiger partial charge in [-0.1, -0.05) is 24.3 Å². The quantitative estimate of drug-likeness (QED) is 0.446. The number of pyridine rings is 1. The molecule has 10 heteroatoms. The number of nitrogens with zero attached hydrogens (tertiary/aromatic N) is 4. The van der Waals surface area contributed by atoms with E-state index in [1.807, 2.05) is 49.0 Å². The van der Waals surface area contributed by atoms with Gasteiger partial charge in [0.25, 0.3) is 0 Å². The van der Waals surface area contributed by atoms with Crippen molar-refractivity contribution in [3.63, 3.8) is 0 Å². The summed E-state index contributed by atoms with van der Waals surface area (Å²) in [5.74, 6) is 0.0901. The summed E-state index contributed by atoms with van der Waals surface area (Å²) in [5.41, 5.74) is 3.56. The zero-order chi connectivity index (χ0) is 26.6. The van der Waals surface area contributed by atoms with Gasteiger partial charge in [0.2, 0.25) is 5.91 Å². The summed E-state index contributed by atoms with van der Waals surface area (Å²) in [7, 11) is 3.68. The van der Waals surface area contributed by atoms with E-state index in [9.17, 15) is 14.7 Å². The second-order valence-electron chi connectivity index (χ2n) is 9.86. The van der Waals surface area contributed by atoms with Crippen molar-refractivity contribution in [3.8, 4) is 28.1 Å². The number of likely N-dealkylation sites (N-methyl/N-ethyl adjacent to an activating group) is 1. The van der Waals surface area contributed by atoms with Crippen LogP contribution >= 0.6 is 11.3 Å². The van der Waals surface area contributed by atoms with Gasteiger partial charge >= 0.3 is 5.97 Å². The number of carbonyl (C=O) groups excluding carboxylic acids is 1. The van der Waals surface area contributed by atoms with Crippen LogP contribution in [-0.2, 0) is 14.3 Å². The maximum atomic E-state index is 13.4. The lowest BCUT2D eigenvalue weighted by molar-refractivity contribution is -0.141. The summed E-state index contributed by atoms with van der Waals surface area (Å²) >= 11 is 1.37. The number of carbonyl (C=O) groups is 2. The predicted octanol–water partition coefficient (Wildman–Crippen LogP) is 4.57. The SMILES string of the molecule is CN1CCOc2cc(-c3ccccc3-c3csc(N(C)C(=O)C(CC(=O)O)CC4CCOCC4)n3)cnc21. The van der Waals surface area contributed by atoms with Gasteiger partial charge in [-0.2, -0.15) is 0 Å². The molecule has 2 aromatic heterocycles. The number of hydrogen-bond donors (Lipinski definition) is 1. The maximum absolute atomic E-state index is 13.4. The lowest BCUT2D eigenvalue weighted by atomic mass is 9.86. The van der Waals surface area contributed by atoms with Crippen LogP contribution in [0.4, 0.5) is 10.9 Å². The van der Waals surface area contributed by atoms with Gasteiger partial charge in [-0.3, -0.25) is 14.5 Å². The molecule has 1 amide bonds. The first-order valence-electron chi connectivity index (χ1n) is 12.9. The molecule has 5 rings (SSSR count). The van der Waals surface area contributed by atoms with E-state index < -0.39 is 11.9 Å². The third-order valence-electron chi connectivity index (χ3n) is 7.23. The third kappa shape index (κ3) is 5.66. The van der Waals surface area contributed by atoms with Crippen LogP contribution in [-0.4, -0.2) is 67.4 Å². The fourth-order valence-electron chi connectivity index (χ4n) is 5.11. The van der Waals surface area contributed by atoms with Crippen LogP contribution < -0.4 is 14.5 Å². The highest BCUT2D eigenvalue weighted by atomic mass is 32.1. The molecule has 2 aliphatic rings. The fourth-order valence-corrected chi connectivity index (χ4v) is 5.91. The molecule has 9 nitrogen and oxygen atoms in total. The molecule has 3 aromatic rings. The predicted molar refractivity (Wildman–Crippen MR) is 147 cm³/mol. The molecule has 200 valence electrons. The summed E-state index contributed by atoms with van der Waals surface area (Å²) in [5, 5.41) is 11.9. The van der Waals surface area contributed by atoms with Crippen LogP contribution in [0.5, 0.6) is 5.75 Å². The number of aromatic nitrogens is 2. The minimum Gasteiger partial charge on any atom is -0.488 e. The molecule has 1 saturated heterocycles. The van der Waals surface area contributed by atoms with Gasteiger partial charge in [0.05, 0.1) is 18.7 Å². The minimum atomic E-state index is -0.966. The number of amides is 1. The Hall–Kier alpha value is -3.50. The van der Waals surface area contributed by atoms with Gasteiger partial charge in [-0.25, -0.2) is 9.97 Å². The number of thiazole rings is 1. The van der Waals surface area contributed by atoms with Crippen LogP contribution in [0.2, 0.25) is 0 Å². The average molecular weight is 537 g/mol. The van der Waals surface area contributed by atoms with E-state index in [1.165, 1.54) is 16.2 Å². The summed E-state index contributed by atoms with van der Waals surface area (Å²) in [6.07, 6.45) is 3.90. The van der Waals surface area contributed by atoms with Gasteiger partial charge in [-0.05, 0) is 36.8 Å². The first-order chi connectivity index (χ1) is 18.4. The molecule has 1 atom stereocenters. The summed E-state index contributed by atoms with van der Waals surface area (Å²) in [6, 6.07) is 9.96. The summed E-state index contributed by atoms with van der Waals surface area (Å²) in [6.45, 7) is 2.73. The number of anilines is 2.